The van der Waals surface area contributed by atoms with Crippen LogP contribution in [0, 0.1) is 0 Å². The minimum atomic E-state index is -0.646. The van der Waals surface area contributed by atoms with Gasteiger partial charge in [0.25, 0.3) is 0 Å². The summed E-state index contributed by atoms with van der Waals surface area (Å²) in [5.41, 5.74) is 6.62. The van der Waals surface area contributed by atoms with Gasteiger partial charge >= 0.3 is 5.97 Å². The maximum Gasteiger partial charge on any atom is 0.322 e. The lowest BCUT2D eigenvalue weighted by Gasteiger charge is -2.11. The molecule has 1 rings (SSSR count). The second kappa shape index (κ2) is 7.76. The molecular weight excluding hydrogens is 246 g/mol. The summed E-state index contributed by atoms with van der Waals surface area (Å²) in [6, 6.07) is 6.72. The number of methoxy groups -OCH3 is 1. The van der Waals surface area contributed by atoms with E-state index in [1.165, 1.54) is 7.11 Å². The number of rotatable bonds is 7. The Morgan fingerprint density at radius 3 is 2.53 bits per heavy atom. The molecule has 5 nitrogen and oxygen atoms in total. The first-order chi connectivity index (χ1) is 9.02. The lowest BCUT2D eigenvalue weighted by Crippen LogP contribution is -2.33. The number of carbonyl (C=O) groups is 1. The van der Waals surface area contributed by atoms with Gasteiger partial charge < -0.3 is 20.3 Å². The van der Waals surface area contributed by atoms with Crippen LogP contribution in [0.25, 0.3) is 0 Å². The molecule has 106 valence electrons. The first-order valence-corrected chi connectivity index (χ1v) is 6.26. The molecule has 19 heavy (non-hydrogen) atoms. The van der Waals surface area contributed by atoms with E-state index >= 15 is 0 Å². The van der Waals surface area contributed by atoms with E-state index in [2.05, 4.69) is 4.74 Å². The minimum absolute atomic E-state index is 0.364. The maximum absolute atomic E-state index is 11.2. The van der Waals surface area contributed by atoms with Gasteiger partial charge in [0.05, 0.1) is 19.8 Å². The molecule has 2 atom stereocenters. The van der Waals surface area contributed by atoms with Crippen molar-refractivity contribution in [3.05, 3.63) is 29.8 Å². The molecule has 0 spiro atoms. The van der Waals surface area contributed by atoms with Crippen molar-refractivity contribution in [2.24, 2.45) is 5.73 Å². The van der Waals surface area contributed by atoms with Crippen molar-refractivity contribution in [2.75, 3.05) is 13.7 Å². The Morgan fingerprint density at radius 1 is 1.37 bits per heavy atom. The molecule has 1 aromatic carbocycles. The van der Waals surface area contributed by atoms with Crippen LogP contribution in [0.3, 0.4) is 0 Å². The largest absolute Gasteiger partial charge is 0.493 e. The lowest BCUT2D eigenvalue weighted by atomic mass is 10.1. The summed E-state index contributed by atoms with van der Waals surface area (Å²) in [7, 11) is 1.32. The highest BCUT2D eigenvalue weighted by atomic mass is 16.5. The third-order valence-corrected chi connectivity index (χ3v) is 2.69. The molecule has 3 N–H and O–H groups in total. The second-order valence-corrected chi connectivity index (χ2v) is 4.46. The van der Waals surface area contributed by atoms with Crippen LogP contribution in [-0.4, -0.2) is 36.9 Å². The van der Waals surface area contributed by atoms with Crippen molar-refractivity contribution in [1.82, 2.24) is 0 Å². The molecule has 0 amide bonds. The van der Waals surface area contributed by atoms with E-state index in [0.29, 0.717) is 19.4 Å². The van der Waals surface area contributed by atoms with Gasteiger partial charge in [0.2, 0.25) is 0 Å². The predicted octanol–water partition coefficient (Wildman–Crippen LogP) is 0.879. The Hall–Kier alpha value is -1.59. The number of aliphatic hydroxyl groups is 1. The standard InChI is InChI=1S/C14H21NO4/c1-10(16)7-8-19-12-5-3-11(4-6-12)9-13(15)14(17)18-2/h3-6,10,13,16H,7-9,15H2,1-2H3. The van der Waals surface area contributed by atoms with Gasteiger partial charge in [-0.15, -0.1) is 0 Å². The lowest BCUT2D eigenvalue weighted by molar-refractivity contribution is -0.142. The monoisotopic (exact) mass is 267 g/mol. The first-order valence-electron chi connectivity index (χ1n) is 6.26. The van der Waals surface area contributed by atoms with Gasteiger partial charge in [0.15, 0.2) is 0 Å². The zero-order valence-electron chi connectivity index (χ0n) is 11.3. The minimum Gasteiger partial charge on any atom is -0.493 e. The fourth-order valence-electron chi connectivity index (χ4n) is 1.56. The van der Waals surface area contributed by atoms with Gasteiger partial charge in [-0.2, -0.15) is 0 Å². The van der Waals surface area contributed by atoms with Crippen LogP contribution in [0.5, 0.6) is 5.75 Å². The molecule has 0 radical (unpaired) electrons. The molecule has 2 unspecified atom stereocenters. The molecule has 0 fully saturated rings. The summed E-state index contributed by atoms with van der Waals surface area (Å²) in [4.78, 5) is 11.2. The molecular formula is C14H21NO4. The molecule has 0 bridgehead atoms. The second-order valence-electron chi connectivity index (χ2n) is 4.46. The molecule has 0 aliphatic carbocycles. The molecule has 0 aromatic heterocycles. The highest BCUT2D eigenvalue weighted by molar-refractivity contribution is 5.75. The molecule has 0 heterocycles. The van der Waals surface area contributed by atoms with E-state index in [9.17, 15) is 4.79 Å². The van der Waals surface area contributed by atoms with Crippen molar-refractivity contribution in [3.63, 3.8) is 0 Å². The Balaban J connectivity index is 2.45. The number of carbonyl (C=O) groups excluding carboxylic acids is 1. The smallest absolute Gasteiger partial charge is 0.322 e. The van der Waals surface area contributed by atoms with E-state index in [-0.39, 0.29) is 6.10 Å². The van der Waals surface area contributed by atoms with Crippen LogP contribution in [0.2, 0.25) is 0 Å². The zero-order valence-corrected chi connectivity index (χ0v) is 11.3. The van der Waals surface area contributed by atoms with Crippen LogP contribution < -0.4 is 10.5 Å². The molecule has 0 aliphatic heterocycles. The molecule has 0 saturated heterocycles. The number of ether oxygens (including phenoxy) is 2. The summed E-state index contributed by atoms with van der Waals surface area (Å²) in [6.07, 6.45) is 0.660. The van der Waals surface area contributed by atoms with Crippen molar-refractivity contribution >= 4 is 5.97 Å². The summed E-state index contributed by atoms with van der Waals surface area (Å²) >= 11 is 0. The predicted molar refractivity (Wildman–Crippen MR) is 71.9 cm³/mol. The van der Waals surface area contributed by atoms with E-state index in [1.54, 1.807) is 6.92 Å². The topological polar surface area (TPSA) is 81.8 Å². The average Bonchev–Trinajstić information content (AvgIpc) is 2.39. The molecule has 0 aliphatic rings. The van der Waals surface area contributed by atoms with E-state index in [4.69, 9.17) is 15.6 Å². The number of hydrogen-bond donors (Lipinski definition) is 2. The third-order valence-electron chi connectivity index (χ3n) is 2.69. The quantitative estimate of drug-likeness (QED) is 0.717. The normalized spacial score (nSPS) is 13.7. The summed E-state index contributed by atoms with van der Waals surface area (Å²) in [6.45, 7) is 2.19. The van der Waals surface area contributed by atoms with Gasteiger partial charge in [0.1, 0.15) is 11.8 Å². The fourth-order valence-corrected chi connectivity index (χ4v) is 1.56. The Bertz CT molecular complexity index is 389. The summed E-state index contributed by atoms with van der Waals surface area (Å²) in [5, 5.41) is 9.11. The van der Waals surface area contributed by atoms with Crippen molar-refractivity contribution in [3.8, 4) is 5.75 Å². The zero-order chi connectivity index (χ0) is 14.3. The molecule has 0 saturated carbocycles. The first kappa shape index (κ1) is 15.5. The number of hydrogen-bond acceptors (Lipinski definition) is 5. The number of esters is 1. The fraction of sp³-hybridized carbons (Fsp3) is 0.500. The molecule has 1 aromatic rings. The van der Waals surface area contributed by atoms with Gasteiger partial charge in [-0.3, -0.25) is 4.79 Å². The SMILES string of the molecule is COC(=O)C(N)Cc1ccc(OCCC(C)O)cc1. The third kappa shape index (κ3) is 5.72. The van der Waals surface area contributed by atoms with Crippen LogP contribution >= 0.6 is 0 Å². The maximum atomic E-state index is 11.2. The summed E-state index contributed by atoms with van der Waals surface area (Å²) < 4.78 is 10.0. The van der Waals surface area contributed by atoms with Crippen molar-refractivity contribution < 1.29 is 19.4 Å². The average molecular weight is 267 g/mol. The summed E-state index contributed by atoms with van der Waals surface area (Å²) in [5.74, 6) is 0.313. The van der Waals surface area contributed by atoms with Gasteiger partial charge in [-0.1, -0.05) is 12.1 Å². The highest BCUT2D eigenvalue weighted by Gasteiger charge is 2.13. The van der Waals surface area contributed by atoms with Crippen LogP contribution in [-0.2, 0) is 16.0 Å². The number of nitrogens with two attached hydrogens (primary N) is 1. The van der Waals surface area contributed by atoms with Crippen LogP contribution in [0.15, 0.2) is 24.3 Å². The van der Waals surface area contributed by atoms with Gasteiger partial charge in [0, 0.05) is 6.42 Å². The van der Waals surface area contributed by atoms with Gasteiger partial charge in [-0.25, -0.2) is 0 Å². The van der Waals surface area contributed by atoms with Crippen molar-refractivity contribution in [2.45, 2.75) is 31.9 Å². The van der Waals surface area contributed by atoms with Crippen LogP contribution in [0.1, 0.15) is 18.9 Å². The Kier molecular flexibility index (Phi) is 6.32. The van der Waals surface area contributed by atoms with E-state index in [0.717, 1.165) is 11.3 Å². The Labute approximate surface area is 113 Å². The number of benzene rings is 1. The highest BCUT2D eigenvalue weighted by Crippen LogP contribution is 2.14. The van der Waals surface area contributed by atoms with Crippen LogP contribution in [0.4, 0.5) is 0 Å². The van der Waals surface area contributed by atoms with Gasteiger partial charge in [-0.05, 0) is 31.0 Å². The van der Waals surface area contributed by atoms with E-state index in [1.807, 2.05) is 24.3 Å². The molecule has 5 heteroatoms. The number of aliphatic hydroxyl groups excluding tert-OH is 1. The Morgan fingerprint density at radius 2 is 2.00 bits per heavy atom. The van der Waals surface area contributed by atoms with Crippen molar-refractivity contribution in [1.29, 1.82) is 0 Å². The van der Waals surface area contributed by atoms with E-state index < -0.39 is 12.0 Å².